The third-order valence-electron chi connectivity index (χ3n) is 3.30. The largest absolute Gasteiger partial charge is 0.388 e. The highest BCUT2D eigenvalue weighted by molar-refractivity contribution is 7.99. The van der Waals surface area contributed by atoms with E-state index in [0.29, 0.717) is 12.0 Å². The maximum absolute atomic E-state index is 13.1. The third-order valence-corrected chi connectivity index (χ3v) is 4.35. The minimum atomic E-state index is -0.805. The van der Waals surface area contributed by atoms with Crippen LogP contribution in [-0.2, 0) is 0 Å². The lowest BCUT2D eigenvalue weighted by atomic mass is 10.1. The predicted molar refractivity (Wildman–Crippen MR) is 74.3 cm³/mol. The lowest BCUT2D eigenvalue weighted by Crippen LogP contribution is -2.28. The normalized spacial score (nSPS) is 19.1. The molecular weight excluding hydrogens is 268 g/mol. The lowest BCUT2D eigenvalue weighted by Gasteiger charge is -2.21. The Morgan fingerprint density at radius 3 is 2.63 bits per heavy atom. The molecule has 0 aliphatic carbocycles. The number of hydrogen-bond donors (Lipinski definition) is 1. The smallest absolute Gasteiger partial charge is 0.126 e. The zero-order valence-electron chi connectivity index (χ0n) is 10.8. The van der Waals surface area contributed by atoms with Gasteiger partial charge in [-0.3, -0.25) is 0 Å². The van der Waals surface area contributed by atoms with Gasteiger partial charge >= 0.3 is 0 Å². The fraction of sp³-hybridized carbons (Fsp3) is 0.571. The first-order valence-corrected chi connectivity index (χ1v) is 7.75. The zero-order valence-corrected chi connectivity index (χ0v) is 11.6. The molecule has 1 saturated heterocycles. The fourth-order valence-corrected chi connectivity index (χ4v) is 3.19. The van der Waals surface area contributed by atoms with Gasteiger partial charge in [-0.2, -0.15) is 11.8 Å². The van der Waals surface area contributed by atoms with Crippen LogP contribution in [-0.4, -0.2) is 41.1 Å². The van der Waals surface area contributed by atoms with Crippen LogP contribution in [0.4, 0.5) is 8.78 Å². The summed E-state index contributed by atoms with van der Waals surface area (Å²) in [5.41, 5.74) is 0.321. The average molecular weight is 287 g/mol. The number of thioether (sulfide) groups is 1. The molecule has 0 bridgehead atoms. The Hall–Kier alpha value is -0.650. The minimum absolute atomic E-state index is 0.321. The first-order valence-electron chi connectivity index (χ1n) is 6.59. The topological polar surface area (TPSA) is 23.5 Å². The van der Waals surface area contributed by atoms with Crippen LogP contribution in [0.2, 0.25) is 0 Å². The lowest BCUT2D eigenvalue weighted by molar-refractivity contribution is 0.143. The summed E-state index contributed by atoms with van der Waals surface area (Å²) in [6.45, 7) is 2.83. The molecule has 0 aromatic heterocycles. The van der Waals surface area contributed by atoms with Crippen molar-refractivity contribution in [3.8, 4) is 0 Å². The van der Waals surface area contributed by atoms with Crippen LogP contribution in [0.1, 0.15) is 24.5 Å². The number of aliphatic hydroxyl groups is 1. The van der Waals surface area contributed by atoms with Crippen molar-refractivity contribution in [2.45, 2.75) is 18.9 Å². The van der Waals surface area contributed by atoms with E-state index in [-0.39, 0.29) is 0 Å². The third kappa shape index (κ3) is 4.75. The first kappa shape index (κ1) is 14.8. The second kappa shape index (κ2) is 7.22. The molecular formula is C14H19F2NOS. The second-order valence-electron chi connectivity index (χ2n) is 4.81. The summed E-state index contributed by atoms with van der Waals surface area (Å²) in [6, 6.07) is 3.22. The predicted octanol–water partition coefficient (Wildman–Crippen LogP) is 2.83. The van der Waals surface area contributed by atoms with Crippen LogP contribution in [0.5, 0.6) is 0 Å². The van der Waals surface area contributed by atoms with E-state index in [9.17, 15) is 13.9 Å². The Morgan fingerprint density at radius 2 is 1.89 bits per heavy atom. The van der Waals surface area contributed by atoms with Crippen molar-refractivity contribution in [1.29, 1.82) is 0 Å². The average Bonchev–Trinajstić information content (AvgIpc) is 2.63. The number of halogens is 2. The molecule has 1 aromatic rings. The molecule has 1 aromatic carbocycles. The van der Waals surface area contributed by atoms with Crippen molar-refractivity contribution in [2.24, 2.45) is 0 Å². The van der Waals surface area contributed by atoms with Crippen LogP contribution < -0.4 is 0 Å². The number of benzene rings is 1. The molecule has 0 spiro atoms. The molecule has 0 saturated carbocycles. The maximum atomic E-state index is 13.1. The van der Waals surface area contributed by atoms with E-state index >= 15 is 0 Å². The summed E-state index contributed by atoms with van der Waals surface area (Å²) in [7, 11) is 0. The first-order chi connectivity index (χ1) is 9.15. The zero-order chi connectivity index (χ0) is 13.7. The van der Waals surface area contributed by atoms with Crippen LogP contribution in [0.3, 0.4) is 0 Å². The summed E-state index contributed by atoms with van der Waals surface area (Å²) in [5, 5.41) is 10.0. The number of aliphatic hydroxyl groups excluding tert-OH is 1. The van der Waals surface area contributed by atoms with E-state index in [2.05, 4.69) is 4.90 Å². The van der Waals surface area contributed by atoms with Crippen molar-refractivity contribution < 1.29 is 13.9 Å². The van der Waals surface area contributed by atoms with Gasteiger partial charge in [-0.05, 0) is 42.8 Å². The Bertz CT molecular complexity index is 388. The van der Waals surface area contributed by atoms with Crippen molar-refractivity contribution in [2.75, 3.05) is 31.1 Å². The summed E-state index contributed by atoms with van der Waals surface area (Å²) < 4.78 is 26.1. The van der Waals surface area contributed by atoms with Gasteiger partial charge < -0.3 is 10.0 Å². The van der Waals surface area contributed by atoms with Crippen LogP contribution in [0, 0.1) is 11.6 Å². The van der Waals surface area contributed by atoms with Crippen LogP contribution >= 0.6 is 11.8 Å². The van der Waals surface area contributed by atoms with E-state index < -0.39 is 17.7 Å². The van der Waals surface area contributed by atoms with Gasteiger partial charge in [0.2, 0.25) is 0 Å². The second-order valence-corrected chi connectivity index (χ2v) is 6.04. The van der Waals surface area contributed by atoms with Crippen molar-refractivity contribution in [3.63, 3.8) is 0 Å². The van der Waals surface area contributed by atoms with Gasteiger partial charge in [-0.1, -0.05) is 0 Å². The molecule has 0 amide bonds. The molecule has 1 aliphatic heterocycles. The van der Waals surface area contributed by atoms with Gasteiger partial charge in [0.05, 0.1) is 6.10 Å². The minimum Gasteiger partial charge on any atom is -0.388 e. The summed E-state index contributed by atoms with van der Waals surface area (Å²) in [5.74, 6) is 1.03. The van der Waals surface area contributed by atoms with Gasteiger partial charge in [-0.25, -0.2) is 8.78 Å². The summed E-state index contributed by atoms with van der Waals surface area (Å²) in [6.07, 6.45) is 0.865. The molecule has 1 unspecified atom stereocenters. The molecule has 2 rings (SSSR count). The van der Waals surface area contributed by atoms with Crippen molar-refractivity contribution in [1.82, 2.24) is 4.90 Å². The molecule has 1 fully saturated rings. The van der Waals surface area contributed by atoms with Crippen LogP contribution in [0.25, 0.3) is 0 Å². The molecule has 2 nitrogen and oxygen atoms in total. The van der Waals surface area contributed by atoms with E-state index in [4.69, 9.17) is 0 Å². The highest BCUT2D eigenvalue weighted by Gasteiger charge is 2.14. The van der Waals surface area contributed by atoms with Crippen molar-refractivity contribution >= 4 is 11.8 Å². The van der Waals surface area contributed by atoms with E-state index in [1.165, 1.54) is 17.9 Å². The highest BCUT2D eigenvalue weighted by atomic mass is 32.2. The molecule has 19 heavy (non-hydrogen) atoms. The molecule has 1 heterocycles. The fourth-order valence-electron chi connectivity index (χ4n) is 2.26. The maximum Gasteiger partial charge on any atom is 0.126 e. The number of hydrogen-bond acceptors (Lipinski definition) is 3. The Morgan fingerprint density at radius 1 is 1.16 bits per heavy atom. The van der Waals surface area contributed by atoms with E-state index in [1.807, 2.05) is 11.8 Å². The summed E-state index contributed by atoms with van der Waals surface area (Å²) in [4.78, 5) is 2.30. The standard InChI is InChI=1S/C14H19F2NOS/c15-12-8-11(9-13(16)10-12)14(18)2-4-17-3-1-6-19-7-5-17/h8-10,14,18H,1-7H2. The molecule has 5 heteroatoms. The van der Waals surface area contributed by atoms with Gasteiger partial charge in [0.25, 0.3) is 0 Å². The SMILES string of the molecule is OC(CCN1CCCSCC1)c1cc(F)cc(F)c1. The van der Waals surface area contributed by atoms with Crippen LogP contribution in [0.15, 0.2) is 18.2 Å². The van der Waals surface area contributed by atoms with Gasteiger partial charge in [-0.15, -0.1) is 0 Å². The van der Waals surface area contributed by atoms with Gasteiger partial charge in [0, 0.05) is 24.9 Å². The number of rotatable bonds is 4. The molecule has 1 aliphatic rings. The Balaban J connectivity index is 1.87. The van der Waals surface area contributed by atoms with Crippen molar-refractivity contribution in [3.05, 3.63) is 35.4 Å². The quantitative estimate of drug-likeness (QED) is 0.921. The summed E-state index contributed by atoms with van der Waals surface area (Å²) >= 11 is 1.95. The molecule has 106 valence electrons. The Labute approximate surface area is 116 Å². The highest BCUT2D eigenvalue weighted by Crippen LogP contribution is 2.20. The van der Waals surface area contributed by atoms with E-state index in [0.717, 1.165) is 37.9 Å². The number of nitrogens with zero attached hydrogens (tertiary/aromatic N) is 1. The Kier molecular flexibility index (Phi) is 5.60. The van der Waals surface area contributed by atoms with Gasteiger partial charge in [0.15, 0.2) is 0 Å². The van der Waals surface area contributed by atoms with Gasteiger partial charge in [0.1, 0.15) is 11.6 Å². The molecule has 0 radical (unpaired) electrons. The molecule has 1 atom stereocenters. The van der Waals surface area contributed by atoms with E-state index in [1.54, 1.807) is 0 Å². The monoisotopic (exact) mass is 287 g/mol. The molecule has 1 N–H and O–H groups in total.